The second-order valence-electron chi connectivity index (χ2n) is 10.1. The number of hydrogen-bond acceptors (Lipinski definition) is 0. The normalized spacial score (nSPS) is 25.8. The molecule has 4 aliphatic carbocycles. The molecule has 5 rings (SSSR count). The topological polar surface area (TPSA) is 0 Å². The molecule has 4 fully saturated rings. The lowest BCUT2D eigenvalue weighted by molar-refractivity contribution is 0.834. The Bertz CT molecular complexity index is 534. The first-order valence-corrected chi connectivity index (χ1v) is 15.5. The summed E-state index contributed by atoms with van der Waals surface area (Å²) in [6.07, 6.45) is 24.3. The number of rotatable bonds is 6. The molecule has 28 heavy (non-hydrogen) atoms. The summed E-state index contributed by atoms with van der Waals surface area (Å²) >= 11 is 0. The van der Waals surface area contributed by atoms with E-state index in [2.05, 4.69) is 24.3 Å². The summed E-state index contributed by atoms with van der Waals surface area (Å²) in [6.45, 7) is 0. The van der Waals surface area contributed by atoms with E-state index in [0.717, 1.165) is 22.6 Å². The van der Waals surface area contributed by atoms with Crippen LogP contribution in [0.4, 0.5) is 0 Å². The second-order valence-corrected chi connectivity index (χ2v) is 15.7. The standard InChI is InChI=1S/C26H40P2/c1-2-11-21(10-1)27(22-12-3-4-13-22)25-18-9-19-26(20-25)28(23-14-5-6-15-23)24-16-7-8-17-24/h9,18-24H,1-8,10-17H2. The first-order chi connectivity index (χ1) is 13.9. The fraction of sp³-hybridized carbons (Fsp3) is 0.769. The zero-order valence-electron chi connectivity index (χ0n) is 17.8. The van der Waals surface area contributed by atoms with Crippen LogP contribution in [0.3, 0.4) is 0 Å². The molecule has 1 aromatic rings. The van der Waals surface area contributed by atoms with Gasteiger partial charge in [0.25, 0.3) is 0 Å². The molecule has 0 bridgehead atoms. The lowest BCUT2D eigenvalue weighted by Gasteiger charge is -2.34. The van der Waals surface area contributed by atoms with Crippen LogP contribution in [-0.4, -0.2) is 22.6 Å². The van der Waals surface area contributed by atoms with Gasteiger partial charge in [0.2, 0.25) is 0 Å². The van der Waals surface area contributed by atoms with Crippen LogP contribution in [0.15, 0.2) is 24.3 Å². The molecular formula is C26H40P2. The van der Waals surface area contributed by atoms with Gasteiger partial charge in [-0.2, -0.15) is 0 Å². The zero-order chi connectivity index (χ0) is 18.8. The van der Waals surface area contributed by atoms with Crippen molar-refractivity contribution in [3.8, 4) is 0 Å². The van der Waals surface area contributed by atoms with Crippen molar-refractivity contribution in [3.63, 3.8) is 0 Å². The second kappa shape index (κ2) is 9.48. The third kappa shape index (κ3) is 4.26. The van der Waals surface area contributed by atoms with Gasteiger partial charge in [-0.1, -0.05) is 85.4 Å². The monoisotopic (exact) mass is 414 g/mol. The first-order valence-electron chi connectivity index (χ1n) is 12.6. The van der Waals surface area contributed by atoms with Gasteiger partial charge in [0.05, 0.1) is 0 Å². The Morgan fingerprint density at radius 2 is 0.750 bits per heavy atom. The first kappa shape index (κ1) is 20.0. The minimum atomic E-state index is 0.0870. The molecule has 154 valence electrons. The molecule has 0 saturated heterocycles. The zero-order valence-corrected chi connectivity index (χ0v) is 19.6. The van der Waals surface area contributed by atoms with Crippen molar-refractivity contribution in [1.29, 1.82) is 0 Å². The van der Waals surface area contributed by atoms with Gasteiger partial charge in [0.1, 0.15) is 0 Å². The van der Waals surface area contributed by atoms with E-state index in [1.165, 1.54) is 103 Å². The number of hydrogen-bond donors (Lipinski definition) is 0. The quantitative estimate of drug-likeness (QED) is 0.419. The van der Waals surface area contributed by atoms with Crippen molar-refractivity contribution in [2.45, 2.75) is 125 Å². The molecule has 0 heterocycles. The third-order valence-corrected chi connectivity index (χ3v) is 15.3. The molecule has 1 aromatic carbocycles. The van der Waals surface area contributed by atoms with E-state index in [9.17, 15) is 0 Å². The molecule has 0 amide bonds. The van der Waals surface area contributed by atoms with Gasteiger partial charge >= 0.3 is 0 Å². The smallest absolute Gasteiger partial charge is 0.0166 e. The van der Waals surface area contributed by atoms with Gasteiger partial charge in [0.15, 0.2) is 0 Å². The van der Waals surface area contributed by atoms with Crippen LogP contribution in [-0.2, 0) is 0 Å². The fourth-order valence-corrected chi connectivity index (χ4v) is 14.7. The highest BCUT2D eigenvalue weighted by Gasteiger charge is 2.36. The summed E-state index contributed by atoms with van der Waals surface area (Å²) in [5, 5.41) is 3.66. The summed E-state index contributed by atoms with van der Waals surface area (Å²) in [4.78, 5) is 0. The van der Waals surface area contributed by atoms with Gasteiger partial charge in [-0.3, -0.25) is 0 Å². The summed E-state index contributed by atoms with van der Waals surface area (Å²) in [6, 6.07) is 10.4. The minimum Gasteiger partial charge on any atom is -0.0689 e. The van der Waals surface area contributed by atoms with E-state index in [0.29, 0.717) is 0 Å². The van der Waals surface area contributed by atoms with Crippen LogP contribution in [0.25, 0.3) is 0 Å². The van der Waals surface area contributed by atoms with Crippen LogP contribution in [0, 0.1) is 0 Å². The van der Waals surface area contributed by atoms with Crippen molar-refractivity contribution in [2.24, 2.45) is 0 Å². The van der Waals surface area contributed by atoms with Crippen molar-refractivity contribution in [1.82, 2.24) is 0 Å². The maximum Gasteiger partial charge on any atom is -0.0166 e. The predicted molar refractivity (Wildman–Crippen MR) is 129 cm³/mol. The molecule has 0 N–H and O–H groups in total. The Labute approximate surface area is 176 Å². The summed E-state index contributed by atoms with van der Waals surface area (Å²) in [5.74, 6) is 0. The van der Waals surface area contributed by atoms with Gasteiger partial charge < -0.3 is 0 Å². The van der Waals surface area contributed by atoms with Crippen molar-refractivity contribution >= 4 is 26.5 Å². The molecule has 0 radical (unpaired) electrons. The van der Waals surface area contributed by atoms with Gasteiger partial charge in [-0.25, -0.2) is 0 Å². The van der Waals surface area contributed by atoms with Crippen molar-refractivity contribution < 1.29 is 0 Å². The maximum atomic E-state index is 2.81. The fourth-order valence-electron chi connectivity index (χ4n) is 6.98. The van der Waals surface area contributed by atoms with Crippen molar-refractivity contribution in [3.05, 3.63) is 24.3 Å². The minimum absolute atomic E-state index is 0.0870. The highest BCUT2D eigenvalue weighted by molar-refractivity contribution is 7.68. The molecular weight excluding hydrogens is 374 g/mol. The van der Waals surface area contributed by atoms with E-state index >= 15 is 0 Å². The van der Waals surface area contributed by atoms with E-state index in [4.69, 9.17) is 0 Å². The SMILES string of the molecule is c1cc(P(C2CCCC2)C2CCCC2)cc(P(C2CCCC2)C2CCCC2)c1. The maximum absolute atomic E-state index is 2.81. The molecule has 0 aliphatic heterocycles. The molecule has 4 aliphatic rings. The Morgan fingerprint density at radius 1 is 0.464 bits per heavy atom. The molecule has 4 saturated carbocycles. The molecule has 0 atom stereocenters. The van der Waals surface area contributed by atoms with E-state index in [1.54, 1.807) is 0 Å². The Morgan fingerprint density at radius 3 is 1.04 bits per heavy atom. The highest BCUT2D eigenvalue weighted by Crippen LogP contribution is 2.58. The summed E-state index contributed by atoms with van der Waals surface area (Å²) < 4.78 is 0. The lowest BCUT2D eigenvalue weighted by atomic mass is 10.3. The molecule has 0 aromatic heterocycles. The largest absolute Gasteiger partial charge is 0.0689 e. The molecule has 2 heteroatoms. The highest BCUT2D eigenvalue weighted by atomic mass is 31.1. The lowest BCUT2D eigenvalue weighted by Crippen LogP contribution is -2.25. The van der Waals surface area contributed by atoms with Gasteiger partial charge in [-0.15, -0.1) is 0 Å². The predicted octanol–water partition coefficient (Wildman–Crippen LogP) is 7.67. The van der Waals surface area contributed by atoms with Gasteiger partial charge in [-0.05, 0) is 90.7 Å². The third-order valence-electron chi connectivity index (χ3n) is 8.30. The van der Waals surface area contributed by atoms with E-state index in [-0.39, 0.29) is 15.8 Å². The van der Waals surface area contributed by atoms with Crippen LogP contribution in [0.2, 0.25) is 0 Å². The Hall–Kier alpha value is 0.0800. The van der Waals surface area contributed by atoms with Crippen molar-refractivity contribution in [2.75, 3.05) is 0 Å². The van der Waals surface area contributed by atoms with Crippen LogP contribution in [0.1, 0.15) is 103 Å². The Balaban J connectivity index is 1.45. The number of benzene rings is 1. The summed E-state index contributed by atoms with van der Waals surface area (Å²) in [7, 11) is 0.174. The van der Waals surface area contributed by atoms with E-state index < -0.39 is 0 Å². The van der Waals surface area contributed by atoms with Crippen LogP contribution >= 0.6 is 15.8 Å². The van der Waals surface area contributed by atoms with Gasteiger partial charge in [0, 0.05) is 0 Å². The Kier molecular flexibility index (Phi) is 6.77. The molecule has 0 unspecified atom stereocenters. The van der Waals surface area contributed by atoms with E-state index in [1.807, 2.05) is 10.6 Å². The molecule has 0 spiro atoms. The van der Waals surface area contributed by atoms with Crippen LogP contribution in [0.5, 0.6) is 0 Å². The van der Waals surface area contributed by atoms with Crippen LogP contribution < -0.4 is 10.6 Å². The average Bonchev–Trinajstić information content (AvgIpc) is 3.51. The average molecular weight is 415 g/mol. The summed E-state index contributed by atoms with van der Waals surface area (Å²) in [5.41, 5.74) is 4.21. The molecule has 0 nitrogen and oxygen atoms in total.